The number of ether oxygens (including phenoxy) is 1. The zero-order valence-corrected chi connectivity index (χ0v) is 24.2. The predicted molar refractivity (Wildman–Crippen MR) is 155 cm³/mol. The number of pyridine rings is 1. The van der Waals surface area contributed by atoms with E-state index in [0.29, 0.717) is 29.5 Å². The Morgan fingerprint density at radius 2 is 1.82 bits per heavy atom. The summed E-state index contributed by atoms with van der Waals surface area (Å²) in [4.78, 5) is 31.8. The smallest absolute Gasteiger partial charge is 0.345 e. The van der Waals surface area contributed by atoms with Gasteiger partial charge in [-0.3, -0.25) is 10.2 Å². The quantitative estimate of drug-likeness (QED) is 0.299. The number of Topliss-reactive ketones (excluding diaryl/α,β-unsaturated/α-hetero) is 1. The first kappa shape index (κ1) is 28.5. The second kappa shape index (κ2) is 11.3. The number of carbonyl (C=O) groups is 2. The van der Waals surface area contributed by atoms with E-state index in [4.69, 9.17) is 15.1 Å². The minimum Gasteiger partial charge on any atom is -0.478 e. The van der Waals surface area contributed by atoms with Crippen LogP contribution in [0, 0.1) is 5.41 Å². The lowest BCUT2D eigenvalue weighted by atomic mass is 9.85. The highest BCUT2D eigenvalue weighted by Crippen LogP contribution is 2.40. The molecule has 0 spiro atoms. The van der Waals surface area contributed by atoms with E-state index in [0.717, 1.165) is 35.2 Å². The number of carboxylic acids is 1. The van der Waals surface area contributed by atoms with Crippen molar-refractivity contribution in [1.29, 1.82) is 5.41 Å². The number of aromatic nitrogens is 1. The molecule has 0 radical (unpaired) electrons. The lowest BCUT2D eigenvalue weighted by Crippen LogP contribution is -2.31. The van der Waals surface area contributed by atoms with Crippen molar-refractivity contribution in [2.45, 2.75) is 64.0 Å². The van der Waals surface area contributed by atoms with Crippen molar-refractivity contribution in [3.05, 3.63) is 94.3 Å². The summed E-state index contributed by atoms with van der Waals surface area (Å²) in [6, 6.07) is 18.6. The molecule has 7 nitrogen and oxygen atoms in total. The second-order valence-corrected chi connectivity index (χ2v) is 11.2. The Morgan fingerprint density at radius 3 is 2.46 bits per heavy atom. The van der Waals surface area contributed by atoms with Crippen LogP contribution in [0.4, 0.5) is 0 Å². The maximum Gasteiger partial charge on any atom is 0.345 e. The first-order chi connectivity index (χ1) is 18.1. The van der Waals surface area contributed by atoms with Gasteiger partial charge in [0.2, 0.25) is 0 Å². The summed E-state index contributed by atoms with van der Waals surface area (Å²) >= 11 is 0. The molecule has 2 aromatic carbocycles. The summed E-state index contributed by atoms with van der Waals surface area (Å²) in [5.41, 5.74) is 4.45. The molecule has 204 valence electrons. The van der Waals surface area contributed by atoms with Gasteiger partial charge in [0.05, 0.1) is 6.54 Å². The monoisotopic (exact) mass is 591 g/mol. The van der Waals surface area contributed by atoms with Gasteiger partial charge >= 0.3 is 5.97 Å². The molecule has 8 heteroatoms. The normalized spacial score (nSPS) is 15.4. The van der Waals surface area contributed by atoms with Crippen LogP contribution in [0.15, 0.2) is 60.7 Å². The molecule has 5 rings (SSSR count). The predicted octanol–water partition coefficient (Wildman–Crippen LogP) is 5.93. The first-order valence-electron chi connectivity index (χ1n) is 13.0. The molecule has 1 unspecified atom stereocenters. The van der Waals surface area contributed by atoms with Crippen molar-refractivity contribution in [2.75, 3.05) is 6.54 Å². The molecule has 2 aliphatic rings. The fourth-order valence-corrected chi connectivity index (χ4v) is 4.83. The number of hydrogen-bond acceptors (Lipinski definition) is 5. The minimum atomic E-state index is -1.06. The Kier molecular flexibility index (Phi) is 8.25. The molecule has 0 bridgehead atoms. The van der Waals surface area contributed by atoms with Gasteiger partial charge < -0.3 is 14.7 Å². The maximum absolute atomic E-state index is 13.4. The van der Waals surface area contributed by atoms with E-state index < -0.39 is 12.1 Å². The number of nitrogens with zero attached hydrogens (tertiary/aromatic N) is 2. The maximum atomic E-state index is 13.4. The lowest BCUT2D eigenvalue weighted by molar-refractivity contribution is -0.145. The van der Waals surface area contributed by atoms with E-state index in [1.807, 2.05) is 63.2 Å². The highest BCUT2D eigenvalue weighted by Gasteiger charge is 2.32. The summed E-state index contributed by atoms with van der Waals surface area (Å²) in [7, 11) is 0. The standard InChI is InChI=1S/C31H33N3O4.BrH/c1-31(2,3)23-16-21(12-14-26(23)38-27(30(36)37)15-19-7-5-4-6-8-19)25(35)18-34-17-22-11-13-24(20-9-10-20)33-28(22)29(34)32;/h4-8,11-14,16,20,27,32H,9-10,15,17-18H2,1-3H3,(H,36,37);1H. The fourth-order valence-electron chi connectivity index (χ4n) is 4.83. The van der Waals surface area contributed by atoms with Crippen LogP contribution in [0.5, 0.6) is 5.75 Å². The van der Waals surface area contributed by atoms with Crippen molar-refractivity contribution in [2.24, 2.45) is 0 Å². The van der Waals surface area contributed by atoms with Gasteiger partial charge in [0.25, 0.3) is 0 Å². The van der Waals surface area contributed by atoms with Crippen LogP contribution in [0.3, 0.4) is 0 Å². The molecule has 1 atom stereocenters. The number of carboxylic acid groups (broad SMARTS) is 1. The summed E-state index contributed by atoms with van der Waals surface area (Å²) in [6.07, 6.45) is 1.47. The third-order valence-corrected chi connectivity index (χ3v) is 7.15. The van der Waals surface area contributed by atoms with Crippen LogP contribution < -0.4 is 4.74 Å². The first-order valence-corrected chi connectivity index (χ1v) is 13.0. The van der Waals surface area contributed by atoms with Gasteiger partial charge in [0.15, 0.2) is 11.9 Å². The Bertz CT molecular complexity index is 1400. The van der Waals surface area contributed by atoms with E-state index in [9.17, 15) is 14.7 Å². The second-order valence-electron chi connectivity index (χ2n) is 11.2. The Morgan fingerprint density at radius 1 is 1.10 bits per heavy atom. The van der Waals surface area contributed by atoms with Crippen LogP contribution >= 0.6 is 17.0 Å². The molecule has 1 saturated carbocycles. The average Bonchev–Trinajstić information content (AvgIpc) is 3.69. The number of rotatable bonds is 9. The molecule has 1 aliphatic heterocycles. The molecule has 1 fully saturated rings. The third kappa shape index (κ3) is 6.38. The van der Waals surface area contributed by atoms with Gasteiger partial charge in [0.1, 0.15) is 17.3 Å². The summed E-state index contributed by atoms with van der Waals surface area (Å²) in [6.45, 7) is 6.58. The van der Waals surface area contributed by atoms with E-state index in [2.05, 4.69) is 0 Å². The lowest BCUT2D eigenvalue weighted by Gasteiger charge is -2.26. The molecular formula is C31H34BrN3O4. The molecule has 0 saturated heterocycles. The number of halogens is 1. The highest BCUT2D eigenvalue weighted by atomic mass is 79.9. The number of amidine groups is 1. The van der Waals surface area contributed by atoms with Crippen LogP contribution in [0.25, 0.3) is 0 Å². The van der Waals surface area contributed by atoms with Gasteiger partial charge in [0, 0.05) is 41.3 Å². The van der Waals surface area contributed by atoms with Gasteiger partial charge in [-0.05, 0) is 48.1 Å². The summed E-state index contributed by atoms with van der Waals surface area (Å²) < 4.78 is 6.04. The number of hydrogen-bond donors (Lipinski definition) is 2. The fraction of sp³-hybridized carbons (Fsp3) is 0.355. The molecule has 2 heterocycles. The number of carbonyl (C=O) groups excluding carboxylic acids is 1. The number of benzene rings is 2. The van der Waals surface area contributed by atoms with E-state index in [-0.39, 0.29) is 47.0 Å². The SMILES string of the molecule is Br.CC(C)(C)c1cc(C(=O)CN2Cc3ccc(C4CC4)nc3C2=N)ccc1OC(Cc1ccccc1)C(=O)O. The number of fused-ring (bicyclic) bond motifs is 1. The molecule has 0 amide bonds. The Hall–Kier alpha value is -3.52. The largest absolute Gasteiger partial charge is 0.478 e. The van der Waals surface area contributed by atoms with Crippen LogP contribution in [-0.2, 0) is 23.2 Å². The number of ketones is 1. The highest BCUT2D eigenvalue weighted by molar-refractivity contribution is 8.93. The van der Waals surface area contributed by atoms with Crippen LogP contribution in [-0.4, -0.2) is 45.2 Å². The zero-order valence-electron chi connectivity index (χ0n) is 22.4. The van der Waals surface area contributed by atoms with Gasteiger partial charge in [-0.25, -0.2) is 9.78 Å². The Balaban J connectivity index is 0.00000353. The molecule has 2 N–H and O–H groups in total. The average molecular weight is 593 g/mol. The molecule has 1 aliphatic carbocycles. The number of nitrogens with one attached hydrogen (secondary N) is 1. The van der Waals surface area contributed by atoms with Gasteiger partial charge in [-0.2, -0.15) is 0 Å². The summed E-state index contributed by atoms with van der Waals surface area (Å²) in [5, 5.41) is 18.5. The molecular weight excluding hydrogens is 558 g/mol. The van der Waals surface area contributed by atoms with Crippen molar-refractivity contribution >= 4 is 34.6 Å². The van der Waals surface area contributed by atoms with Crippen molar-refractivity contribution < 1.29 is 19.4 Å². The molecule has 39 heavy (non-hydrogen) atoms. The third-order valence-electron chi connectivity index (χ3n) is 7.15. The minimum absolute atomic E-state index is 0. The van der Waals surface area contributed by atoms with E-state index in [1.54, 1.807) is 23.1 Å². The van der Waals surface area contributed by atoms with Crippen molar-refractivity contribution in [3.63, 3.8) is 0 Å². The topological polar surface area (TPSA) is 104 Å². The van der Waals surface area contributed by atoms with Gasteiger partial charge in [-0.15, -0.1) is 17.0 Å². The van der Waals surface area contributed by atoms with Crippen LogP contribution in [0.1, 0.15) is 78.0 Å². The number of aliphatic carboxylic acids is 1. The molecule has 1 aromatic heterocycles. The van der Waals surface area contributed by atoms with E-state index >= 15 is 0 Å². The molecule has 3 aromatic rings. The van der Waals surface area contributed by atoms with Crippen molar-refractivity contribution in [3.8, 4) is 5.75 Å². The zero-order chi connectivity index (χ0) is 27.0. The van der Waals surface area contributed by atoms with Gasteiger partial charge in [-0.1, -0.05) is 57.2 Å². The van der Waals surface area contributed by atoms with Crippen molar-refractivity contribution in [1.82, 2.24) is 9.88 Å². The Labute approximate surface area is 239 Å². The van der Waals surface area contributed by atoms with Crippen LogP contribution in [0.2, 0.25) is 0 Å². The summed E-state index contributed by atoms with van der Waals surface area (Å²) in [5.74, 6) is 0.0989. The van der Waals surface area contributed by atoms with E-state index in [1.165, 1.54) is 0 Å².